The van der Waals surface area contributed by atoms with Crippen molar-refractivity contribution in [1.82, 2.24) is 5.32 Å². The Balaban J connectivity index is 0.00000484. The number of aliphatic hydroxyl groups excluding tert-OH is 3. The molecule has 0 saturated carbocycles. The summed E-state index contributed by atoms with van der Waals surface area (Å²) in [5, 5.41) is 41.9. The van der Waals surface area contributed by atoms with Gasteiger partial charge in [-0.15, -0.1) is 0 Å². The SMILES string of the molecule is CC(C)C(=O)N[C@H]1[C@H]([C@H](O)[C@H](O)CO)OC(C(=O)[O-])=C[C@@H]1N.[Na+]. The van der Waals surface area contributed by atoms with Crippen molar-refractivity contribution < 1.29 is 64.3 Å². The summed E-state index contributed by atoms with van der Waals surface area (Å²) in [5.41, 5.74) is 5.81. The number of aliphatic carboxylic acids is 1. The molecule has 1 rings (SSSR count). The summed E-state index contributed by atoms with van der Waals surface area (Å²) in [7, 11) is 0. The molecule has 0 aromatic heterocycles. The van der Waals surface area contributed by atoms with Crippen LogP contribution in [-0.2, 0) is 14.3 Å². The van der Waals surface area contributed by atoms with Crippen LogP contribution in [0.25, 0.3) is 0 Å². The van der Waals surface area contributed by atoms with Crippen LogP contribution in [0.2, 0.25) is 0 Å². The number of nitrogens with one attached hydrogen (secondary N) is 1. The van der Waals surface area contributed by atoms with Crippen LogP contribution in [0.4, 0.5) is 0 Å². The minimum Gasteiger partial charge on any atom is -0.542 e. The fourth-order valence-electron chi connectivity index (χ4n) is 1.99. The first-order chi connectivity index (χ1) is 10.2. The van der Waals surface area contributed by atoms with E-state index in [1.165, 1.54) is 0 Å². The van der Waals surface area contributed by atoms with E-state index in [-0.39, 0.29) is 41.4 Å². The van der Waals surface area contributed by atoms with E-state index in [2.05, 4.69) is 5.32 Å². The van der Waals surface area contributed by atoms with Gasteiger partial charge in [-0.25, -0.2) is 0 Å². The number of aliphatic hydroxyl groups is 3. The Hall–Kier alpha value is -0.680. The van der Waals surface area contributed by atoms with Gasteiger partial charge in [-0.2, -0.15) is 0 Å². The first-order valence-corrected chi connectivity index (χ1v) is 6.81. The smallest absolute Gasteiger partial charge is 0.542 e. The van der Waals surface area contributed by atoms with Gasteiger partial charge in [0.05, 0.1) is 18.7 Å². The van der Waals surface area contributed by atoms with Gasteiger partial charge in [0.25, 0.3) is 0 Å². The second-order valence-corrected chi connectivity index (χ2v) is 5.41. The minimum absolute atomic E-state index is 0. The predicted molar refractivity (Wildman–Crippen MR) is 71.8 cm³/mol. The zero-order chi connectivity index (χ0) is 17.0. The topological polar surface area (TPSA) is 165 Å². The Bertz CT molecular complexity index is 458. The van der Waals surface area contributed by atoms with Crippen LogP contribution < -0.4 is 45.7 Å². The summed E-state index contributed by atoms with van der Waals surface area (Å²) in [6.45, 7) is 2.51. The van der Waals surface area contributed by atoms with Gasteiger partial charge in [-0.05, 0) is 6.08 Å². The molecule has 0 aliphatic carbocycles. The third kappa shape index (κ3) is 5.71. The number of rotatable bonds is 6. The first kappa shape index (κ1) is 22.3. The maximum Gasteiger partial charge on any atom is 1.00 e. The number of carboxylic acid groups (broad SMARTS) is 1. The molecular formula is C13H21N2NaO7. The third-order valence-corrected chi connectivity index (χ3v) is 3.33. The summed E-state index contributed by atoms with van der Waals surface area (Å²) in [4.78, 5) is 22.7. The average molecular weight is 340 g/mol. The molecule has 9 nitrogen and oxygen atoms in total. The monoisotopic (exact) mass is 340 g/mol. The second-order valence-electron chi connectivity index (χ2n) is 5.41. The van der Waals surface area contributed by atoms with Gasteiger partial charge in [0.2, 0.25) is 5.91 Å². The van der Waals surface area contributed by atoms with Crippen molar-refractivity contribution in [2.75, 3.05) is 6.61 Å². The molecule has 1 amide bonds. The van der Waals surface area contributed by atoms with Crippen LogP contribution in [0.15, 0.2) is 11.8 Å². The Morgan fingerprint density at radius 1 is 1.43 bits per heavy atom. The van der Waals surface area contributed by atoms with Crippen molar-refractivity contribution in [3.05, 3.63) is 11.8 Å². The number of ether oxygens (including phenoxy) is 1. The summed E-state index contributed by atoms with van der Waals surface area (Å²) in [6, 6.07) is -1.95. The van der Waals surface area contributed by atoms with Gasteiger partial charge in [0, 0.05) is 5.92 Å². The van der Waals surface area contributed by atoms with Crippen LogP contribution in [-0.4, -0.2) is 64.2 Å². The molecule has 0 spiro atoms. The third-order valence-electron chi connectivity index (χ3n) is 3.33. The van der Waals surface area contributed by atoms with E-state index < -0.39 is 48.7 Å². The van der Waals surface area contributed by atoms with Crippen molar-refractivity contribution in [3.63, 3.8) is 0 Å². The quantitative estimate of drug-likeness (QED) is 0.298. The van der Waals surface area contributed by atoms with Crippen LogP contribution in [0.1, 0.15) is 13.8 Å². The molecule has 1 aliphatic heterocycles. The van der Waals surface area contributed by atoms with E-state index in [0.717, 1.165) is 6.08 Å². The Labute approximate surface area is 155 Å². The van der Waals surface area contributed by atoms with Gasteiger partial charge in [0.15, 0.2) is 0 Å². The van der Waals surface area contributed by atoms with E-state index >= 15 is 0 Å². The van der Waals surface area contributed by atoms with Crippen molar-refractivity contribution >= 4 is 11.9 Å². The minimum atomic E-state index is -1.66. The molecule has 0 aromatic carbocycles. The van der Waals surface area contributed by atoms with Crippen molar-refractivity contribution in [2.45, 2.75) is 44.2 Å². The fraction of sp³-hybridized carbons (Fsp3) is 0.692. The molecule has 6 N–H and O–H groups in total. The van der Waals surface area contributed by atoms with Crippen LogP contribution >= 0.6 is 0 Å². The number of amides is 1. The summed E-state index contributed by atoms with van der Waals surface area (Å²) < 4.78 is 5.08. The molecule has 1 heterocycles. The molecule has 1 aliphatic rings. The van der Waals surface area contributed by atoms with E-state index in [9.17, 15) is 24.9 Å². The predicted octanol–water partition coefficient (Wildman–Crippen LogP) is -6.79. The van der Waals surface area contributed by atoms with Gasteiger partial charge in [-0.1, -0.05) is 13.8 Å². The van der Waals surface area contributed by atoms with E-state index in [4.69, 9.17) is 15.6 Å². The van der Waals surface area contributed by atoms with Crippen LogP contribution in [0.5, 0.6) is 0 Å². The maximum absolute atomic E-state index is 11.8. The van der Waals surface area contributed by atoms with E-state index in [1.807, 2.05) is 0 Å². The number of hydrogen-bond donors (Lipinski definition) is 5. The number of carbonyl (C=O) groups excluding carboxylic acids is 2. The van der Waals surface area contributed by atoms with E-state index in [1.54, 1.807) is 13.8 Å². The second kappa shape index (κ2) is 9.58. The van der Waals surface area contributed by atoms with Gasteiger partial charge in [-0.3, -0.25) is 4.79 Å². The molecule has 23 heavy (non-hydrogen) atoms. The van der Waals surface area contributed by atoms with E-state index in [0.29, 0.717) is 0 Å². The zero-order valence-electron chi connectivity index (χ0n) is 13.3. The molecule has 0 bridgehead atoms. The fourth-order valence-corrected chi connectivity index (χ4v) is 1.99. The normalized spacial score (nSPS) is 26.4. The molecule has 0 saturated heterocycles. The number of carbonyl (C=O) groups is 2. The Morgan fingerprint density at radius 3 is 2.43 bits per heavy atom. The maximum atomic E-state index is 11.8. The summed E-state index contributed by atoms with van der Waals surface area (Å²) in [6.07, 6.45) is -3.54. The van der Waals surface area contributed by atoms with Gasteiger partial charge >= 0.3 is 29.6 Å². The molecule has 5 atom stereocenters. The molecule has 126 valence electrons. The molecule has 0 fully saturated rings. The number of nitrogens with two attached hydrogens (primary N) is 1. The van der Waals surface area contributed by atoms with Crippen LogP contribution in [0, 0.1) is 5.92 Å². The molecule has 0 radical (unpaired) electrons. The summed E-state index contributed by atoms with van der Waals surface area (Å²) >= 11 is 0. The van der Waals surface area contributed by atoms with Gasteiger partial charge < -0.3 is 41.0 Å². The van der Waals surface area contributed by atoms with Crippen molar-refractivity contribution in [3.8, 4) is 0 Å². The van der Waals surface area contributed by atoms with Crippen LogP contribution in [0.3, 0.4) is 0 Å². The summed E-state index contributed by atoms with van der Waals surface area (Å²) in [5.74, 6) is -3.00. The number of hydrogen-bond acceptors (Lipinski definition) is 8. The first-order valence-electron chi connectivity index (χ1n) is 6.81. The Kier molecular flexibility index (Phi) is 9.29. The molecule has 0 unspecified atom stereocenters. The Morgan fingerprint density at radius 2 is 2.00 bits per heavy atom. The largest absolute Gasteiger partial charge is 1.00 e. The molecule has 10 heteroatoms. The van der Waals surface area contributed by atoms with Crippen molar-refractivity contribution in [2.24, 2.45) is 11.7 Å². The average Bonchev–Trinajstić information content (AvgIpc) is 2.46. The molecule has 0 aromatic rings. The molecular weight excluding hydrogens is 319 g/mol. The zero-order valence-corrected chi connectivity index (χ0v) is 15.3. The standard InChI is InChI=1S/C13H22N2O7.Na/c1-5(2)12(19)15-9-6(14)3-8(13(20)21)22-11(9)10(18)7(17)4-16;/h3,5-7,9-11,16-18H,4,14H2,1-2H3,(H,15,19)(H,20,21);/q;+1/p-1/t6-,7+,9+,10+,11+;/m0./s1. The van der Waals surface area contributed by atoms with Gasteiger partial charge in [0.1, 0.15) is 30.0 Å². The van der Waals surface area contributed by atoms with Crippen molar-refractivity contribution in [1.29, 1.82) is 0 Å². The number of carboxylic acids is 1.